The number of likely N-dealkylation sites (N-methyl/N-ethyl adjacent to an activating group) is 1. The summed E-state index contributed by atoms with van der Waals surface area (Å²) < 4.78 is 0. The first-order valence-corrected chi connectivity index (χ1v) is 5.40. The van der Waals surface area contributed by atoms with Crippen LogP contribution in [-0.4, -0.2) is 37.0 Å². The van der Waals surface area contributed by atoms with E-state index in [2.05, 4.69) is 10.6 Å². The van der Waals surface area contributed by atoms with Crippen LogP contribution >= 0.6 is 11.8 Å². The molecule has 72 valence electrons. The van der Waals surface area contributed by atoms with Gasteiger partial charge in [-0.3, -0.25) is 4.79 Å². The van der Waals surface area contributed by atoms with E-state index >= 15 is 0 Å². The van der Waals surface area contributed by atoms with Gasteiger partial charge in [0.1, 0.15) is 0 Å². The lowest BCUT2D eigenvalue weighted by Gasteiger charge is -2.22. The average molecular weight is 190 g/mol. The van der Waals surface area contributed by atoms with Gasteiger partial charge in [-0.2, -0.15) is 11.8 Å². The van der Waals surface area contributed by atoms with Gasteiger partial charge in [-0.15, -0.1) is 0 Å². The quantitative estimate of drug-likeness (QED) is 0.619. The highest BCUT2D eigenvalue weighted by molar-refractivity contribution is 7.98. The number of carbonyl (C=O) groups excluding carboxylic acids is 1. The van der Waals surface area contributed by atoms with Crippen molar-refractivity contribution in [3.8, 4) is 0 Å². The predicted octanol–water partition coefficient (Wildman–Crippen LogP) is 0.464. The minimum atomic E-state index is -0.460. The highest BCUT2D eigenvalue weighted by atomic mass is 32.2. The molecule has 0 aromatic rings. The predicted molar refractivity (Wildman–Crippen MR) is 54.5 cm³/mol. The summed E-state index contributed by atoms with van der Waals surface area (Å²) in [5, 5.41) is 5.80. The van der Waals surface area contributed by atoms with E-state index in [1.54, 1.807) is 18.8 Å². The van der Waals surface area contributed by atoms with Crippen LogP contribution in [0.4, 0.5) is 0 Å². The molecule has 0 bridgehead atoms. The van der Waals surface area contributed by atoms with Crippen LogP contribution in [-0.2, 0) is 4.79 Å². The lowest BCUT2D eigenvalue weighted by Crippen LogP contribution is -2.51. The van der Waals surface area contributed by atoms with Crippen LogP contribution in [0, 0.1) is 0 Å². The van der Waals surface area contributed by atoms with Crippen molar-refractivity contribution in [2.75, 3.05) is 25.6 Å². The standard InChI is InChI=1S/C8H18N2OS/c1-8(2,9-3)7(11)10-5-6-12-4/h9H,5-6H2,1-4H3,(H,10,11). The van der Waals surface area contributed by atoms with Gasteiger partial charge in [-0.1, -0.05) is 0 Å². The first-order chi connectivity index (χ1) is 5.54. The fourth-order valence-corrected chi connectivity index (χ4v) is 0.907. The van der Waals surface area contributed by atoms with E-state index in [9.17, 15) is 4.79 Å². The van der Waals surface area contributed by atoms with E-state index in [0.717, 1.165) is 12.3 Å². The number of rotatable bonds is 5. The summed E-state index contributed by atoms with van der Waals surface area (Å²) in [7, 11) is 1.79. The van der Waals surface area contributed by atoms with Crippen molar-refractivity contribution in [2.24, 2.45) is 0 Å². The van der Waals surface area contributed by atoms with E-state index in [-0.39, 0.29) is 5.91 Å². The van der Waals surface area contributed by atoms with Gasteiger partial charge in [0.2, 0.25) is 5.91 Å². The molecule has 4 heteroatoms. The van der Waals surface area contributed by atoms with Crippen molar-refractivity contribution in [1.82, 2.24) is 10.6 Å². The minimum absolute atomic E-state index is 0.0547. The Bertz CT molecular complexity index is 148. The zero-order valence-corrected chi connectivity index (χ0v) is 9.05. The van der Waals surface area contributed by atoms with Gasteiger partial charge in [0.05, 0.1) is 5.54 Å². The second-order valence-electron chi connectivity index (χ2n) is 3.12. The zero-order valence-electron chi connectivity index (χ0n) is 8.23. The highest BCUT2D eigenvalue weighted by Crippen LogP contribution is 1.99. The molecule has 2 N–H and O–H groups in total. The first-order valence-electron chi connectivity index (χ1n) is 4.00. The molecule has 3 nitrogen and oxygen atoms in total. The molecule has 0 aromatic heterocycles. The first kappa shape index (κ1) is 11.8. The normalized spacial score (nSPS) is 11.3. The molecule has 0 saturated carbocycles. The number of nitrogens with one attached hydrogen (secondary N) is 2. The highest BCUT2D eigenvalue weighted by Gasteiger charge is 2.24. The van der Waals surface area contributed by atoms with Crippen LogP contribution in [0.2, 0.25) is 0 Å². The molecule has 0 unspecified atom stereocenters. The lowest BCUT2D eigenvalue weighted by molar-refractivity contribution is -0.126. The van der Waals surface area contributed by atoms with Crippen molar-refractivity contribution in [1.29, 1.82) is 0 Å². The molecule has 0 rings (SSSR count). The van der Waals surface area contributed by atoms with Gasteiger partial charge in [0.25, 0.3) is 0 Å². The molecule has 0 aromatic carbocycles. The smallest absolute Gasteiger partial charge is 0.239 e. The Morgan fingerprint density at radius 3 is 2.50 bits per heavy atom. The summed E-state index contributed by atoms with van der Waals surface area (Å²) in [5.74, 6) is 1.02. The lowest BCUT2D eigenvalue weighted by atomic mass is 10.1. The third-order valence-corrected chi connectivity index (χ3v) is 2.40. The van der Waals surface area contributed by atoms with Crippen molar-refractivity contribution in [3.05, 3.63) is 0 Å². The van der Waals surface area contributed by atoms with Crippen LogP contribution in [0.3, 0.4) is 0 Å². The third-order valence-electron chi connectivity index (χ3n) is 1.78. The molecular formula is C8H18N2OS. The van der Waals surface area contributed by atoms with E-state index in [1.807, 2.05) is 20.1 Å². The SMILES string of the molecule is CNC(C)(C)C(=O)NCCSC. The van der Waals surface area contributed by atoms with Gasteiger partial charge >= 0.3 is 0 Å². The summed E-state index contributed by atoms with van der Waals surface area (Å²) in [6, 6.07) is 0. The summed E-state index contributed by atoms with van der Waals surface area (Å²) in [6.45, 7) is 4.47. The number of amides is 1. The molecule has 0 atom stereocenters. The second-order valence-corrected chi connectivity index (χ2v) is 4.11. The van der Waals surface area contributed by atoms with Crippen molar-refractivity contribution < 1.29 is 4.79 Å². The fraction of sp³-hybridized carbons (Fsp3) is 0.875. The summed E-state index contributed by atoms with van der Waals surface area (Å²) >= 11 is 1.73. The van der Waals surface area contributed by atoms with Gasteiger partial charge in [-0.25, -0.2) is 0 Å². The van der Waals surface area contributed by atoms with Crippen LogP contribution in [0.25, 0.3) is 0 Å². The molecule has 0 aliphatic carbocycles. The Labute approximate surface area is 78.7 Å². The van der Waals surface area contributed by atoms with E-state index in [0.29, 0.717) is 0 Å². The van der Waals surface area contributed by atoms with E-state index < -0.39 is 5.54 Å². The molecule has 12 heavy (non-hydrogen) atoms. The summed E-state index contributed by atoms with van der Waals surface area (Å²) in [4.78, 5) is 11.4. The molecule has 0 heterocycles. The van der Waals surface area contributed by atoms with Gasteiger partial charge < -0.3 is 10.6 Å². The summed E-state index contributed by atoms with van der Waals surface area (Å²) in [6.07, 6.45) is 2.02. The Morgan fingerprint density at radius 1 is 1.50 bits per heavy atom. The number of hydrogen-bond acceptors (Lipinski definition) is 3. The van der Waals surface area contributed by atoms with Crippen LogP contribution in [0.5, 0.6) is 0 Å². The van der Waals surface area contributed by atoms with Crippen molar-refractivity contribution >= 4 is 17.7 Å². The topological polar surface area (TPSA) is 41.1 Å². The van der Waals surface area contributed by atoms with Crippen molar-refractivity contribution in [2.45, 2.75) is 19.4 Å². The van der Waals surface area contributed by atoms with E-state index in [4.69, 9.17) is 0 Å². The maximum absolute atomic E-state index is 11.4. The Kier molecular flexibility index (Phi) is 5.33. The summed E-state index contributed by atoms with van der Waals surface area (Å²) in [5.41, 5.74) is -0.460. The largest absolute Gasteiger partial charge is 0.354 e. The minimum Gasteiger partial charge on any atom is -0.354 e. The Morgan fingerprint density at radius 2 is 2.08 bits per heavy atom. The molecular weight excluding hydrogens is 172 g/mol. The second kappa shape index (κ2) is 5.43. The Balaban J connectivity index is 3.72. The van der Waals surface area contributed by atoms with Gasteiger partial charge in [0.15, 0.2) is 0 Å². The molecule has 0 aliphatic rings. The maximum atomic E-state index is 11.4. The zero-order chi connectivity index (χ0) is 9.61. The number of thioether (sulfide) groups is 1. The van der Waals surface area contributed by atoms with Crippen LogP contribution < -0.4 is 10.6 Å². The van der Waals surface area contributed by atoms with Crippen molar-refractivity contribution in [3.63, 3.8) is 0 Å². The maximum Gasteiger partial charge on any atom is 0.239 e. The third kappa shape index (κ3) is 3.97. The fourth-order valence-electron chi connectivity index (χ4n) is 0.601. The molecule has 0 saturated heterocycles. The molecule has 0 spiro atoms. The number of carbonyl (C=O) groups is 1. The Hall–Kier alpha value is -0.220. The number of hydrogen-bond donors (Lipinski definition) is 2. The van der Waals surface area contributed by atoms with Crippen LogP contribution in [0.15, 0.2) is 0 Å². The van der Waals surface area contributed by atoms with Gasteiger partial charge in [0, 0.05) is 12.3 Å². The average Bonchev–Trinajstić information content (AvgIpc) is 2.05. The van der Waals surface area contributed by atoms with Gasteiger partial charge in [-0.05, 0) is 27.2 Å². The molecule has 1 amide bonds. The monoisotopic (exact) mass is 190 g/mol. The molecule has 0 radical (unpaired) electrons. The van der Waals surface area contributed by atoms with E-state index in [1.165, 1.54) is 0 Å². The molecule has 0 fully saturated rings. The van der Waals surface area contributed by atoms with Crippen LogP contribution in [0.1, 0.15) is 13.8 Å². The molecule has 0 aliphatic heterocycles.